The van der Waals surface area contributed by atoms with Crippen LogP contribution < -0.4 is 5.32 Å². The van der Waals surface area contributed by atoms with Crippen LogP contribution in [0.3, 0.4) is 0 Å². The molecule has 1 unspecified atom stereocenters. The second-order valence-electron chi connectivity index (χ2n) is 4.33. The number of fused-ring (bicyclic) bond motifs is 2. The zero-order valence-electron chi connectivity index (χ0n) is 8.45. The monoisotopic (exact) mass is 219 g/mol. The van der Waals surface area contributed by atoms with E-state index in [-0.39, 0.29) is 11.3 Å². The van der Waals surface area contributed by atoms with Crippen LogP contribution in [0.15, 0.2) is 29.2 Å². The number of nitrogens with one attached hydrogen (secondary N) is 1. The standard InChI is InChI=1S/C12H13NOS/c14-11-7-12(8-13-11)5-6-15-10-4-2-1-3-9(10)12/h1-4H,5-8H2,(H,13,14). The van der Waals surface area contributed by atoms with Gasteiger partial charge in [-0.3, -0.25) is 4.79 Å². The molecule has 0 saturated carbocycles. The number of hydrogen-bond acceptors (Lipinski definition) is 2. The van der Waals surface area contributed by atoms with E-state index >= 15 is 0 Å². The van der Waals surface area contributed by atoms with E-state index in [9.17, 15) is 4.79 Å². The van der Waals surface area contributed by atoms with Crippen molar-refractivity contribution in [1.29, 1.82) is 0 Å². The summed E-state index contributed by atoms with van der Waals surface area (Å²) in [5.41, 5.74) is 1.47. The molecule has 1 aromatic rings. The van der Waals surface area contributed by atoms with E-state index in [0.717, 1.165) is 18.7 Å². The fourth-order valence-corrected chi connectivity index (χ4v) is 3.92. The third kappa shape index (κ3) is 1.37. The van der Waals surface area contributed by atoms with E-state index in [1.54, 1.807) is 0 Å². The zero-order valence-corrected chi connectivity index (χ0v) is 9.27. The van der Waals surface area contributed by atoms with E-state index in [2.05, 4.69) is 29.6 Å². The third-order valence-corrected chi connectivity index (χ3v) is 4.49. The van der Waals surface area contributed by atoms with Gasteiger partial charge < -0.3 is 5.32 Å². The largest absolute Gasteiger partial charge is 0.355 e. The van der Waals surface area contributed by atoms with Gasteiger partial charge in [-0.25, -0.2) is 0 Å². The van der Waals surface area contributed by atoms with Crippen LogP contribution in [0.1, 0.15) is 18.4 Å². The molecule has 1 saturated heterocycles. The first-order valence-corrected chi connectivity index (χ1v) is 6.28. The molecule has 1 amide bonds. The molecule has 2 aliphatic rings. The molecular formula is C12H13NOS. The molecule has 0 aromatic heterocycles. The van der Waals surface area contributed by atoms with E-state index < -0.39 is 0 Å². The molecule has 1 aromatic carbocycles. The molecule has 1 N–H and O–H groups in total. The normalized spacial score (nSPS) is 28.9. The van der Waals surface area contributed by atoms with E-state index in [1.807, 2.05) is 11.8 Å². The van der Waals surface area contributed by atoms with Gasteiger partial charge in [0.05, 0.1) is 0 Å². The lowest BCUT2D eigenvalue weighted by Crippen LogP contribution is -2.32. The predicted molar refractivity (Wildman–Crippen MR) is 61.1 cm³/mol. The van der Waals surface area contributed by atoms with Gasteiger partial charge in [0.15, 0.2) is 0 Å². The lowest BCUT2D eigenvalue weighted by Gasteiger charge is -2.33. The second kappa shape index (κ2) is 3.27. The topological polar surface area (TPSA) is 29.1 Å². The lowest BCUT2D eigenvalue weighted by molar-refractivity contribution is -0.119. The molecule has 0 radical (unpaired) electrons. The number of carbonyl (C=O) groups is 1. The predicted octanol–water partition coefficient (Wildman–Crippen LogP) is 1.94. The van der Waals surface area contributed by atoms with Gasteiger partial charge in [0.25, 0.3) is 0 Å². The molecular weight excluding hydrogens is 206 g/mol. The van der Waals surface area contributed by atoms with Crippen LogP contribution in [0.4, 0.5) is 0 Å². The summed E-state index contributed by atoms with van der Waals surface area (Å²) in [6.45, 7) is 0.823. The van der Waals surface area contributed by atoms with Crippen LogP contribution in [-0.4, -0.2) is 18.2 Å². The summed E-state index contributed by atoms with van der Waals surface area (Å²) in [4.78, 5) is 12.8. The Bertz CT molecular complexity index is 418. The van der Waals surface area contributed by atoms with Gasteiger partial charge in [-0.15, -0.1) is 11.8 Å². The van der Waals surface area contributed by atoms with Gasteiger partial charge in [-0.1, -0.05) is 18.2 Å². The van der Waals surface area contributed by atoms with E-state index in [0.29, 0.717) is 6.42 Å². The van der Waals surface area contributed by atoms with Crippen molar-refractivity contribution in [1.82, 2.24) is 5.32 Å². The highest BCUT2D eigenvalue weighted by molar-refractivity contribution is 7.99. The molecule has 3 heteroatoms. The summed E-state index contributed by atoms with van der Waals surface area (Å²) in [5, 5.41) is 2.97. The molecule has 1 spiro atoms. The van der Waals surface area contributed by atoms with Crippen molar-refractivity contribution >= 4 is 17.7 Å². The van der Waals surface area contributed by atoms with Gasteiger partial charge in [0.1, 0.15) is 0 Å². The maximum absolute atomic E-state index is 11.4. The number of amides is 1. The number of rotatable bonds is 0. The SMILES string of the molecule is O=C1CC2(CCSc3ccccc32)CN1. The molecule has 2 heterocycles. The summed E-state index contributed by atoms with van der Waals surface area (Å²) in [7, 11) is 0. The van der Waals surface area contributed by atoms with Gasteiger partial charge in [0, 0.05) is 23.3 Å². The Morgan fingerprint density at radius 2 is 2.20 bits per heavy atom. The minimum atomic E-state index is 0.0962. The minimum absolute atomic E-state index is 0.0962. The molecule has 78 valence electrons. The molecule has 2 aliphatic heterocycles. The average molecular weight is 219 g/mol. The summed E-state index contributed by atoms with van der Waals surface area (Å²) in [5.74, 6) is 1.34. The Balaban J connectivity index is 2.09. The molecule has 0 bridgehead atoms. The third-order valence-electron chi connectivity index (χ3n) is 3.42. The molecule has 1 fully saturated rings. The van der Waals surface area contributed by atoms with Crippen molar-refractivity contribution in [3.8, 4) is 0 Å². The fraction of sp³-hybridized carbons (Fsp3) is 0.417. The molecule has 1 atom stereocenters. The first-order chi connectivity index (χ1) is 7.30. The lowest BCUT2D eigenvalue weighted by atomic mass is 9.77. The zero-order chi connectivity index (χ0) is 10.3. The summed E-state index contributed by atoms with van der Waals surface area (Å²) >= 11 is 1.91. The highest BCUT2D eigenvalue weighted by Gasteiger charge is 2.42. The van der Waals surface area contributed by atoms with Crippen LogP contribution in [0, 0.1) is 0 Å². The number of carbonyl (C=O) groups excluding carboxylic acids is 1. The van der Waals surface area contributed by atoms with Crippen LogP contribution in [0.2, 0.25) is 0 Å². The van der Waals surface area contributed by atoms with Crippen molar-refractivity contribution in [2.45, 2.75) is 23.2 Å². The first kappa shape index (κ1) is 9.28. The van der Waals surface area contributed by atoms with Crippen LogP contribution in [-0.2, 0) is 10.2 Å². The number of benzene rings is 1. The van der Waals surface area contributed by atoms with Crippen molar-refractivity contribution in [2.24, 2.45) is 0 Å². The number of thioether (sulfide) groups is 1. The first-order valence-electron chi connectivity index (χ1n) is 5.29. The molecule has 2 nitrogen and oxygen atoms in total. The van der Waals surface area contributed by atoms with Crippen LogP contribution in [0.5, 0.6) is 0 Å². The van der Waals surface area contributed by atoms with E-state index in [4.69, 9.17) is 0 Å². The van der Waals surface area contributed by atoms with Gasteiger partial charge >= 0.3 is 0 Å². The molecule has 15 heavy (non-hydrogen) atoms. The maximum Gasteiger partial charge on any atom is 0.220 e. The van der Waals surface area contributed by atoms with Crippen molar-refractivity contribution < 1.29 is 4.79 Å². The Morgan fingerprint density at radius 3 is 3.00 bits per heavy atom. The van der Waals surface area contributed by atoms with Crippen molar-refractivity contribution in [3.63, 3.8) is 0 Å². The average Bonchev–Trinajstić information content (AvgIpc) is 2.62. The summed E-state index contributed by atoms with van der Waals surface area (Å²) in [6, 6.07) is 8.51. The summed E-state index contributed by atoms with van der Waals surface area (Å²) < 4.78 is 0. The maximum atomic E-state index is 11.4. The highest BCUT2D eigenvalue weighted by Crippen LogP contribution is 2.45. The highest BCUT2D eigenvalue weighted by atomic mass is 32.2. The number of hydrogen-bond donors (Lipinski definition) is 1. The molecule has 3 rings (SSSR count). The van der Waals surface area contributed by atoms with Crippen LogP contribution >= 0.6 is 11.8 Å². The Kier molecular flexibility index (Phi) is 2.02. The summed E-state index contributed by atoms with van der Waals surface area (Å²) in [6.07, 6.45) is 1.79. The quantitative estimate of drug-likeness (QED) is 0.722. The smallest absolute Gasteiger partial charge is 0.220 e. The van der Waals surface area contributed by atoms with Crippen molar-refractivity contribution in [3.05, 3.63) is 29.8 Å². The second-order valence-corrected chi connectivity index (χ2v) is 5.47. The molecule has 0 aliphatic carbocycles. The van der Waals surface area contributed by atoms with Gasteiger partial charge in [-0.2, -0.15) is 0 Å². The van der Waals surface area contributed by atoms with Crippen LogP contribution in [0.25, 0.3) is 0 Å². The Morgan fingerprint density at radius 1 is 1.33 bits per heavy atom. The fourth-order valence-electron chi connectivity index (χ4n) is 2.59. The van der Waals surface area contributed by atoms with Gasteiger partial charge in [0.2, 0.25) is 5.91 Å². The van der Waals surface area contributed by atoms with E-state index in [1.165, 1.54) is 10.5 Å². The van der Waals surface area contributed by atoms with Gasteiger partial charge in [-0.05, 0) is 23.8 Å². The minimum Gasteiger partial charge on any atom is -0.355 e. The Labute approximate surface area is 93.4 Å². The van der Waals surface area contributed by atoms with Crippen molar-refractivity contribution in [2.75, 3.05) is 12.3 Å². The Hall–Kier alpha value is -0.960.